The SMILES string of the molecule is COCC(N)C(=O)Nc1ccc(C)c(S(=O)(=O)N2CCCCCC2)c1. The van der Waals surface area contributed by atoms with Gasteiger partial charge < -0.3 is 15.8 Å². The summed E-state index contributed by atoms with van der Waals surface area (Å²) in [5, 5.41) is 2.65. The molecule has 1 heterocycles. The molecule has 1 unspecified atom stereocenters. The molecule has 140 valence electrons. The van der Waals surface area contributed by atoms with Crippen molar-refractivity contribution in [2.75, 3.05) is 32.1 Å². The first-order valence-corrected chi connectivity index (χ1v) is 9.96. The van der Waals surface area contributed by atoms with Crippen molar-refractivity contribution in [1.29, 1.82) is 0 Å². The maximum absolute atomic E-state index is 13.0. The molecule has 1 aromatic carbocycles. The van der Waals surface area contributed by atoms with Gasteiger partial charge in [-0.2, -0.15) is 4.31 Å². The number of nitrogens with one attached hydrogen (secondary N) is 1. The molecule has 7 nitrogen and oxygen atoms in total. The van der Waals surface area contributed by atoms with E-state index in [-0.39, 0.29) is 11.5 Å². The zero-order chi connectivity index (χ0) is 18.4. The second-order valence-electron chi connectivity index (χ2n) is 6.35. The topological polar surface area (TPSA) is 102 Å². The van der Waals surface area contributed by atoms with Crippen LogP contribution in [0, 0.1) is 6.92 Å². The number of carbonyl (C=O) groups excluding carboxylic acids is 1. The van der Waals surface area contributed by atoms with Crippen molar-refractivity contribution in [3.63, 3.8) is 0 Å². The Labute approximate surface area is 149 Å². The highest BCUT2D eigenvalue weighted by atomic mass is 32.2. The third kappa shape index (κ3) is 5.01. The monoisotopic (exact) mass is 369 g/mol. The molecule has 8 heteroatoms. The van der Waals surface area contributed by atoms with E-state index in [4.69, 9.17) is 10.5 Å². The lowest BCUT2D eigenvalue weighted by Gasteiger charge is -2.21. The lowest BCUT2D eigenvalue weighted by Crippen LogP contribution is -2.39. The molecule has 1 aromatic rings. The standard InChI is InChI=1S/C17H27N3O4S/c1-13-7-8-14(19-17(21)15(18)12-24-2)11-16(13)25(22,23)20-9-5-3-4-6-10-20/h7-8,11,15H,3-6,9-10,12,18H2,1-2H3,(H,19,21). The Bertz CT molecular complexity index is 698. The summed E-state index contributed by atoms with van der Waals surface area (Å²) in [5.74, 6) is -0.413. The van der Waals surface area contributed by atoms with Crippen LogP contribution < -0.4 is 11.1 Å². The highest BCUT2D eigenvalue weighted by Crippen LogP contribution is 2.25. The molecule has 1 saturated heterocycles. The Kier molecular flexibility index (Phi) is 6.95. The predicted octanol–water partition coefficient (Wildman–Crippen LogP) is 1.47. The molecule has 2 rings (SSSR count). The summed E-state index contributed by atoms with van der Waals surface area (Å²) < 4.78 is 32.4. The van der Waals surface area contributed by atoms with Crippen LogP contribution in [0.15, 0.2) is 23.1 Å². The van der Waals surface area contributed by atoms with E-state index in [1.165, 1.54) is 13.2 Å². The van der Waals surface area contributed by atoms with E-state index in [0.29, 0.717) is 24.3 Å². The molecule has 1 atom stereocenters. The summed E-state index contributed by atoms with van der Waals surface area (Å²) in [4.78, 5) is 12.2. The molecule has 1 amide bonds. The quantitative estimate of drug-likeness (QED) is 0.791. The van der Waals surface area contributed by atoms with E-state index in [0.717, 1.165) is 25.7 Å². The van der Waals surface area contributed by atoms with Crippen molar-refractivity contribution >= 4 is 21.6 Å². The normalized spacial score (nSPS) is 17.7. The molecule has 0 bridgehead atoms. The number of benzene rings is 1. The van der Waals surface area contributed by atoms with Crippen LogP contribution >= 0.6 is 0 Å². The van der Waals surface area contributed by atoms with Gasteiger partial charge in [0.1, 0.15) is 6.04 Å². The number of hydrogen-bond donors (Lipinski definition) is 2. The van der Waals surface area contributed by atoms with E-state index < -0.39 is 22.0 Å². The number of methoxy groups -OCH3 is 1. The first-order valence-electron chi connectivity index (χ1n) is 8.52. The van der Waals surface area contributed by atoms with Crippen molar-refractivity contribution < 1.29 is 17.9 Å². The Morgan fingerprint density at radius 1 is 1.28 bits per heavy atom. The Morgan fingerprint density at radius 2 is 1.92 bits per heavy atom. The second-order valence-corrected chi connectivity index (χ2v) is 8.26. The molecule has 3 N–H and O–H groups in total. The van der Waals surface area contributed by atoms with Crippen molar-refractivity contribution in [3.05, 3.63) is 23.8 Å². The minimum absolute atomic E-state index is 0.0939. The number of hydrogen-bond acceptors (Lipinski definition) is 5. The van der Waals surface area contributed by atoms with Gasteiger partial charge in [0.05, 0.1) is 11.5 Å². The number of nitrogens with zero attached hydrogens (tertiary/aromatic N) is 1. The van der Waals surface area contributed by atoms with Crippen molar-refractivity contribution in [2.45, 2.75) is 43.5 Å². The fourth-order valence-corrected chi connectivity index (χ4v) is 4.63. The number of carbonyl (C=O) groups is 1. The molecule has 25 heavy (non-hydrogen) atoms. The van der Waals surface area contributed by atoms with E-state index >= 15 is 0 Å². The average molecular weight is 369 g/mol. The van der Waals surface area contributed by atoms with E-state index in [2.05, 4.69) is 5.32 Å². The Balaban J connectivity index is 2.24. The first-order chi connectivity index (χ1) is 11.9. The van der Waals surface area contributed by atoms with Crippen molar-refractivity contribution in [1.82, 2.24) is 4.31 Å². The van der Waals surface area contributed by atoms with Crippen molar-refractivity contribution in [3.8, 4) is 0 Å². The minimum Gasteiger partial charge on any atom is -0.383 e. The lowest BCUT2D eigenvalue weighted by atomic mass is 10.2. The summed E-state index contributed by atoms with van der Waals surface area (Å²) in [6, 6.07) is 4.07. The zero-order valence-corrected chi connectivity index (χ0v) is 15.6. The molecule has 0 spiro atoms. The number of sulfonamides is 1. The number of aryl methyl sites for hydroxylation is 1. The van der Waals surface area contributed by atoms with Crippen LogP contribution in [-0.2, 0) is 19.6 Å². The van der Waals surface area contributed by atoms with Gasteiger partial charge in [-0.15, -0.1) is 0 Å². The summed E-state index contributed by atoms with van der Waals surface area (Å²) in [5.41, 5.74) is 6.77. The third-order valence-corrected chi connectivity index (χ3v) is 6.36. The van der Waals surface area contributed by atoms with Gasteiger partial charge in [-0.25, -0.2) is 8.42 Å². The molecule has 0 radical (unpaired) electrons. The summed E-state index contributed by atoms with van der Waals surface area (Å²) in [7, 11) is -2.12. The second kappa shape index (κ2) is 8.75. The zero-order valence-electron chi connectivity index (χ0n) is 14.8. The Hall–Kier alpha value is -1.48. The first kappa shape index (κ1) is 19.8. The third-order valence-electron chi connectivity index (χ3n) is 4.32. The fourth-order valence-electron chi connectivity index (χ4n) is 2.87. The average Bonchev–Trinajstić information content (AvgIpc) is 2.86. The highest BCUT2D eigenvalue weighted by molar-refractivity contribution is 7.89. The molecular weight excluding hydrogens is 342 g/mol. The highest BCUT2D eigenvalue weighted by Gasteiger charge is 2.27. The van der Waals surface area contributed by atoms with Gasteiger partial charge in [0, 0.05) is 25.9 Å². The smallest absolute Gasteiger partial charge is 0.243 e. The van der Waals surface area contributed by atoms with Gasteiger partial charge in [0.15, 0.2) is 0 Å². The molecule has 1 aliphatic heterocycles. The van der Waals surface area contributed by atoms with Gasteiger partial charge >= 0.3 is 0 Å². The number of amides is 1. The summed E-state index contributed by atoms with van der Waals surface area (Å²) in [6.07, 6.45) is 3.86. The molecule has 1 fully saturated rings. The maximum atomic E-state index is 13.0. The minimum atomic E-state index is -3.58. The van der Waals surface area contributed by atoms with E-state index in [1.54, 1.807) is 23.4 Å². The number of rotatable bonds is 6. The molecule has 0 saturated carbocycles. The summed E-state index contributed by atoms with van der Waals surface area (Å²) in [6.45, 7) is 2.93. The molecule has 0 aromatic heterocycles. The lowest BCUT2D eigenvalue weighted by molar-refractivity contribution is -0.118. The summed E-state index contributed by atoms with van der Waals surface area (Å²) >= 11 is 0. The van der Waals surface area contributed by atoms with Crippen LogP contribution in [0.1, 0.15) is 31.2 Å². The number of nitrogens with two attached hydrogens (primary N) is 1. The van der Waals surface area contributed by atoms with Gasteiger partial charge in [-0.05, 0) is 37.5 Å². The predicted molar refractivity (Wildman–Crippen MR) is 96.9 cm³/mol. The maximum Gasteiger partial charge on any atom is 0.243 e. The van der Waals surface area contributed by atoms with Gasteiger partial charge in [-0.3, -0.25) is 4.79 Å². The number of anilines is 1. The van der Waals surface area contributed by atoms with Crippen LogP contribution in [0.4, 0.5) is 5.69 Å². The molecule has 1 aliphatic rings. The van der Waals surface area contributed by atoms with Crippen LogP contribution in [0.5, 0.6) is 0 Å². The van der Waals surface area contributed by atoms with Gasteiger partial charge in [0.25, 0.3) is 0 Å². The fraction of sp³-hybridized carbons (Fsp3) is 0.588. The molecule has 0 aliphatic carbocycles. The largest absolute Gasteiger partial charge is 0.383 e. The van der Waals surface area contributed by atoms with Crippen LogP contribution in [0.3, 0.4) is 0 Å². The Morgan fingerprint density at radius 3 is 2.52 bits per heavy atom. The van der Waals surface area contributed by atoms with Crippen LogP contribution in [0.25, 0.3) is 0 Å². The molecular formula is C17H27N3O4S. The van der Waals surface area contributed by atoms with Crippen LogP contribution in [0.2, 0.25) is 0 Å². The number of ether oxygens (including phenoxy) is 1. The van der Waals surface area contributed by atoms with Gasteiger partial charge in [0.2, 0.25) is 15.9 Å². The van der Waals surface area contributed by atoms with E-state index in [1.807, 2.05) is 0 Å². The van der Waals surface area contributed by atoms with E-state index in [9.17, 15) is 13.2 Å². The van der Waals surface area contributed by atoms with Crippen LogP contribution in [-0.4, -0.2) is 51.5 Å². The van der Waals surface area contributed by atoms with Crippen molar-refractivity contribution in [2.24, 2.45) is 5.73 Å². The van der Waals surface area contributed by atoms with Gasteiger partial charge in [-0.1, -0.05) is 18.9 Å².